The minimum atomic E-state index is 0.761. The van der Waals surface area contributed by atoms with Gasteiger partial charge in [-0.1, -0.05) is 49.5 Å². The molecular formula is C17H23N. The molecule has 0 saturated carbocycles. The molecule has 0 aliphatic rings. The Labute approximate surface area is 111 Å². The standard InChI is InChI=1S/C17H23N/c1-3-9-16(4-2)13-15-18-14-8-12-17-10-6-5-7-11-17/h3,5-7,10-11,16,18H,1,4,9,13-15H2,2H3. The molecule has 1 aromatic carbocycles. The molecule has 1 aromatic rings. The Morgan fingerprint density at radius 2 is 2.11 bits per heavy atom. The molecule has 0 fully saturated rings. The quantitative estimate of drug-likeness (QED) is 0.437. The first-order chi connectivity index (χ1) is 8.86. The van der Waals surface area contributed by atoms with Gasteiger partial charge in [-0.05, 0) is 37.4 Å². The van der Waals surface area contributed by atoms with Crippen molar-refractivity contribution in [3.05, 3.63) is 48.6 Å². The van der Waals surface area contributed by atoms with Crippen molar-refractivity contribution < 1.29 is 0 Å². The molecule has 0 radical (unpaired) electrons. The Bertz CT molecular complexity index is 383. The van der Waals surface area contributed by atoms with Crippen LogP contribution in [-0.4, -0.2) is 13.1 Å². The van der Waals surface area contributed by atoms with Crippen LogP contribution in [0.15, 0.2) is 43.0 Å². The van der Waals surface area contributed by atoms with Crippen molar-refractivity contribution in [2.75, 3.05) is 13.1 Å². The van der Waals surface area contributed by atoms with Crippen LogP contribution in [0.2, 0.25) is 0 Å². The molecule has 0 saturated heterocycles. The van der Waals surface area contributed by atoms with Crippen LogP contribution in [0.1, 0.15) is 31.7 Å². The van der Waals surface area contributed by atoms with E-state index < -0.39 is 0 Å². The second-order valence-electron chi connectivity index (χ2n) is 4.43. The Kier molecular flexibility index (Phi) is 7.68. The Morgan fingerprint density at radius 3 is 2.78 bits per heavy atom. The summed E-state index contributed by atoms with van der Waals surface area (Å²) in [7, 11) is 0. The Morgan fingerprint density at radius 1 is 1.33 bits per heavy atom. The molecule has 0 spiro atoms. The van der Waals surface area contributed by atoms with Crippen molar-refractivity contribution >= 4 is 0 Å². The molecule has 96 valence electrons. The minimum Gasteiger partial charge on any atom is -0.306 e. The maximum Gasteiger partial charge on any atom is 0.0580 e. The van der Waals surface area contributed by atoms with Crippen molar-refractivity contribution in [1.29, 1.82) is 0 Å². The topological polar surface area (TPSA) is 12.0 Å². The molecule has 0 amide bonds. The summed E-state index contributed by atoms with van der Waals surface area (Å²) in [5, 5.41) is 3.37. The van der Waals surface area contributed by atoms with E-state index >= 15 is 0 Å². The van der Waals surface area contributed by atoms with E-state index in [2.05, 4.69) is 30.7 Å². The van der Waals surface area contributed by atoms with Gasteiger partial charge in [0.1, 0.15) is 0 Å². The molecule has 0 bridgehead atoms. The van der Waals surface area contributed by atoms with Crippen LogP contribution in [0.25, 0.3) is 0 Å². The van der Waals surface area contributed by atoms with Crippen molar-refractivity contribution in [2.24, 2.45) is 5.92 Å². The van der Waals surface area contributed by atoms with E-state index in [4.69, 9.17) is 0 Å². The van der Waals surface area contributed by atoms with Crippen LogP contribution in [0, 0.1) is 17.8 Å². The zero-order valence-corrected chi connectivity index (χ0v) is 11.3. The molecule has 0 heterocycles. The lowest BCUT2D eigenvalue weighted by atomic mass is 9.99. The molecule has 1 heteroatoms. The molecule has 0 aliphatic heterocycles. The predicted molar refractivity (Wildman–Crippen MR) is 79.4 cm³/mol. The van der Waals surface area contributed by atoms with Gasteiger partial charge in [0, 0.05) is 5.56 Å². The molecule has 1 atom stereocenters. The van der Waals surface area contributed by atoms with Gasteiger partial charge in [-0.25, -0.2) is 0 Å². The monoisotopic (exact) mass is 241 g/mol. The highest BCUT2D eigenvalue weighted by molar-refractivity contribution is 5.33. The molecule has 1 nitrogen and oxygen atoms in total. The fraction of sp³-hybridized carbons (Fsp3) is 0.412. The summed E-state index contributed by atoms with van der Waals surface area (Å²) in [6.45, 7) is 7.84. The van der Waals surface area contributed by atoms with Crippen molar-refractivity contribution in [1.82, 2.24) is 5.32 Å². The average molecular weight is 241 g/mol. The van der Waals surface area contributed by atoms with Crippen molar-refractivity contribution in [2.45, 2.75) is 26.2 Å². The maximum absolute atomic E-state index is 3.80. The molecule has 1 rings (SSSR count). The lowest BCUT2D eigenvalue weighted by Crippen LogP contribution is -2.18. The van der Waals surface area contributed by atoms with Crippen LogP contribution in [-0.2, 0) is 0 Å². The number of hydrogen-bond donors (Lipinski definition) is 1. The first-order valence-corrected chi connectivity index (χ1v) is 6.72. The van der Waals surface area contributed by atoms with Gasteiger partial charge in [0.25, 0.3) is 0 Å². The highest BCUT2D eigenvalue weighted by Gasteiger charge is 2.02. The minimum absolute atomic E-state index is 0.761. The van der Waals surface area contributed by atoms with E-state index in [1.165, 1.54) is 12.8 Å². The normalized spacial score (nSPS) is 11.4. The zero-order chi connectivity index (χ0) is 13.1. The number of rotatable bonds is 7. The molecule has 18 heavy (non-hydrogen) atoms. The molecular weight excluding hydrogens is 218 g/mol. The number of hydrogen-bond acceptors (Lipinski definition) is 1. The smallest absolute Gasteiger partial charge is 0.0580 e. The first kappa shape index (κ1) is 14.5. The third-order valence-electron chi connectivity index (χ3n) is 3.03. The summed E-state index contributed by atoms with van der Waals surface area (Å²) in [6.07, 6.45) is 5.57. The van der Waals surface area contributed by atoms with E-state index in [9.17, 15) is 0 Å². The summed E-state index contributed by atoms with van der Waals surface area (Å²) in [4.78, 5) is 0. The molecule has 1 N–H and O–H groups in total. The van der Waals surface area contributed by atoms with E-state index in [1.807, 2.05) is 36.4 Å². The van der Waals surface area contributed by atoms with Gasteiger partial charge < -0.3 is 5.32 Å². The fourth-order valence-electron chi connectivity index (χ4n) is 1.85. The summed E-state index contributed by atoms with van der Waals surface area (Å²) < 4.78 is 0. The third-order valence-corrected chi connectivity index (χ3v) is 3.03. The SMILES string of the molecule is C=CCC(CC)CCNCC#Cc1ccccc1. The first-order valence-electron chi connectivity index (χ1n) is 6.72. The van der Waals surface area contributed by atoms with Gasteiger partial charge in [0.2, 0.25) is 0 Å². The van der Waals surface area contributed by atoms with E-state index in [0.29, 0.717) is 0 Å². The van der Waals surface area contributed by atoms with Gasteiger partial charge >= 0.3 is 0 Å². The van der Waals surface area contributed by atoms with Crippen LogP contribution < -0.4 is 5.32 Å². The fourth-order valence-corrected chi connectivity index (χ4v) is 1.85. The molecule has 1 unspecified atom stereocenters. The van der Waals surface area contributed by atoms with Gasteiger partial charge in [-0.2, -0.15) is 0 Å². The van der Waals surface area contributed by atoms with Gasteiger partial charge in [-0.3, -0.25) is 0 Å². The Balaban J connectivity index is 2.15. The lowest BCUT2D eigenvalue weighted by molar-refractivity contribution is 0.463. The second kappa shape index (κ2) is 9.50. The second-order valence-corrected chi connectivity index (χ2v) is 4.43. The summed E-state index contributed by atoms with van der Waals surface area (Å²) in [6, 6.07) is 10.1. The summed E-state index contributed by atoms with van der Waals surface area (Å²) >= 11 is 0. The molecule has 0 aromatic heterocycles. The molecule has 0 aliphatic carbocycles. The number of nitrogens with one attached hydrogen (secondary N) is 1. The van der Waals surface area contributed by atoms with Gasteiger partial charge in [0.05, 0.1) is 6.54 Å². The van der Waals surface area contributed by atoms with Crippen LogP contribution in [0.3, 0.4) is 0 Å². The summed E-state index contributed by atoms with van der Waals surface area (Å²) in [5.41, 5.74) is 1.08. The lowest BCUT2D eigenvalue weighted by Gasteiger charge is -2.11. The van der Waals surface area contributed by atoms with E-state index in [-0.39, 0.29) is 0 Å². The largest absolute Gasteiger partial charge is 0.306 e. The maximum atomic E-state index is 3.80. The number of benzene rings is 1. The number of allylic oxidation sites excluding steroid dienone is 1. The zero-order valence-electron chi connectivity index (χ0n) is 11.3. The summed E-state index contributed by atoms with van der Waals surface area (Å²) in [5.74, 6) is 7.05. The Hall–Kier alpha value is -1.52. The van der Waals surface area contributed by atoms with Crippen LogP contribution >= 0.6 is 0 Å². The third kappa shape index (κ3) is 6.27. The van der Waals surface area contributed by atoms with Crippen LogP contribution in [0.5, 0.6) is 0 Å². The average Bonchev–Trinajstić information content (AvgIpc) is 2.42. The van der Waals surface area contributed by atoms with E-state index in [1.54, 1.807) is 0 Å². The van der Waals surface area contributed by atoms with Gasteiger partial charge in [-0.15, -0.1) is 6.58 Å². The highest BCUT2D eigenvalue weighted by Crippen LogP contribution is 2.12. The van der Waals surface area contributed by atoms with Crippen molar-refractivity contribution in [3.8, 4) is 11.8 Å². The van der Waals surface area contributed by atoms with Crippen molar-refractivity contribution in [3.63, 3.8) is 0 Å². The van der Waals surface area contributed by atoms with Gasteiger partial charge in [0.15, 0.2) is 0 Å². The van der Waals surface area contributed by atoms with E-state index in [0.717, 1.165) is 31.0 Å². The van der Waals surface area contributed by atoms with Crippen LogP contribution in [0.4, 0.5) is 0 Å². The highest BCUT2D eigenvalue weighted by atomic mass is 14.8. The predicted octanol–water partition coefficient (Wildman–Crippen LogP) is 3.62.